The minimum atomic E-state index is -1.06. The number of nitrogens with one attached hydrogen (secondary N) is 1. The highest BCUT2D eigenvalue weighted by Gasteiger charge is 2.86. The smallest absolute Gasteiger partial charge is 0.178 e. The molecule has 0 unspecified atom stereocenters. The number of epoxide rings is 1. The van der Waals surface area contributed by atoms with Gasteiger partial charge in [0.05, 0.1) is 11.7 Å². The Bertz CT molecular complexity index is 1530. The molecule has 0 bridgehead atoms. The van der Waals surface area contributed by atoms with Crippen LogP contribution in [0.25, 0.3) is 10.9 Å². The van der Waals surface area contributed by atoms with E-state index in [4.69, 9.17) is 18.9 Å². The Morgan fingerprint density at radius 3 is 2.45 bits per heavy atom. The van der Waals surface area contributed by atoms with E-state index in [1.54, 1.807) is 0 Å². The SMILES string of the molecule is CCc1c([C@@]2(C)CCC[C@@]3(O)[C@@]45O[C@@H]4[C@@H]4O[C@H](C=C(C)C)OC(C)(C)[C@H]4O[C@H]5CC[C@@]32C)[nH]c2cccc(CC=C(C)C)c12. The van der Waals surface area contributed by atoms with Gasteiger partial charge in [-0.05, 0) is 110 Å². The van der Waals surface area contributed by atoms with Crippen LogP contribution < -0.4 is 0 Å². The van der Waals surface area contributed by atoms with E-state index in [2.05, 4.69) is 91.6 Å². The number of aromatic nitrogens is 1. The molecule has 2 aromatic rings. The number of hydrogen-bond acceptors (Lipinski definition) is 5. The van der Waals surface area contributed by atoms with E-state index in [1.165, 1.54) is 33.3 Å². The Balaban J connectivity index is 1.31. The Labute approximate surface area is 263 Å². The number of hydrogen-bond donors (Lipinski definition) is 2. The molecule has 3 saturated heterocycles. The number of ether oxygens (including phenoxy) is 4. The van der Waals surface area contributed by atoms with Crippen molar-refractivity contribution in [3.05, 3.63) is 58.3 Å². The highest BCUT2D eigenvalue weighted by atomic mass is 16.8. The Morgan fingerprint density at radius 2 is 1.75 bits per heavy atom. The summed E-state index contributed by atoms with van der Waals surface area (Å²) in [7, 11) is 0. The second-order valence-electron chi connectivity index (χ2n) is 15.9. The van der Waals surface area contributed by atoms with Crippen LogP contribution in [-0.4, -0.2) is 57.6 Å². The lowest BCUT2D eigenvalue weighted by Crippen LogP contribution is -2.76. The first-order valence-corrected chi connectivity index (χ1v) is 17.0. The molecule has 44 heavy (non-hydrogen) atoms. The second-order valence-corrected chi connectivity index (χ2v) is 15.9. The number of aryl methyl sites for hydroxylation is 1. The van der Waals surface area contributed by atoms with E-state index >= 15 is 0 Å². The van der Waals surface area contributed by atoms with Crippen molar-refractivity contribution in [2.45, 2.75) is 160 Å². The Hall–Kier alpha value is -1.96. The summed E-state index contributed by atoms with van der Waals surface area (Å²) in [6.07, 6.45) is 9.17. The van der Waals surface area contributed by atoms with Crippen LogP contribution in [0.1, 0.15) is 111 Å². The second kappa shape index (κ2) is 10.0. The van der Waals surface area contributed by atoms with E-state index in [9.17, 15) is 5.11 Å². The van der Waals surface area contributed by atoms with Crippen LogP contribution in [0, 0.1) is 5.41 Å². The predicted molar refractivity (Wildman–Crippen MR) is 174 cm³/mol. The lowest BCUT2D eigenvalue weighted by molar-refractivity contribution is -0.342. The maximum atomic E-state index is 13.3. The van der Waals surface area contributed by atoms with Gasteiger partial charge in [0.2, 0.25) is 0 Å². The molecule has 0 amide bonds. The van der Waals surface area contributed by atoms with Gasteiger partial charge in [-0.3, -0.25) is 0 Å². The summed E-state index contributed by atoms with van der Waals surface area (Å²) in [5.74, 6) is 0. The third kappa shape index (κ3) is 3.97. The molecule has 0 radical (unpaired) electrons. The van der Waals surface area contributed by atoms with E-state index in [0.717, 1.165) is 44.1 Å². The molecule has 7 rings (SSSR count). The summed E-state index contributed by atoms with van der Waals surface area (Å²) < 4.78 is 26.7. The Kier molecular flexibility index (Phi) is 6.99. The summed E-state index contributed by atoms with van der Waals surface area (Å²) in [5.41, 5.74) is 4.68. The van der Waals surface area contributed by atoms with E-state index in [0.29, 0.717) is 6.42 Å². The largest absolute Gasteiger partial charge is 0.386 e. The van der Waals surface area contributed by atoms with Crippen LogP contribution in [0.2, 0.25) is 0 Å². The van der Waals surface area contributed by atoms with Gasteiger partial charge in [0.25, 0.3) is 0 Å². The van der Waals surface area contributed by atoms with Crippen molar-refractivity contribution in [1.82, 2.24) is 4.98 Å². The fourth-order valence-corrected chi connectivity index (χ4v) is 10.1. The molecule has 6 nitrogen and oxygen atoms in total. The number of aliphatic hydroxyl groups is 1. The molecule has 240 valence electrons. The minimum Gasteiger partial charge on any atom is -0.386 e. The summed E-state index contributed by atoms with van der Waals surface area (Å²) >= 11 is 0. The van der Waals surface area contributed by atoms with Gasteiger partial charge < -0.3 is 29.0 Å². The summed E-state index contributed by atoms with van der Waals surface area (Å²) in [6, 6.07) is 6.68. The lowest BCUT2D eigenvalue weighted by Gasteiger charge is -2.66. The predicted octanol–water partition coefficient (Wildman–Crippen LogP) is 7.60. The zero-order valence-corrected chi connectivity index (χ0v) is 28.3. The zero-order chi connectivity index (χ0) is 31.4. The quantitative estimate of drug-likeness (QED) is 0.272. The van der Waals surface area contributed by atoms with Crippen molar-refractivity contribution in [2.75, 3.05) is 0 Å². The van der Waals surface area contributed by atoms with Crippen molar-refractivity contribution >= 4 is 10.9 Å². The number of rotatable bonds is 5. The summed E-state index contributed by atoms with van der Waals surface area (Å²) in [4.78, 5) is 3.96. The van der Waals surface area contributed by atoms with Crippen LogP contribution in [-0.2, 0) is 37.2 Å². The maximum absolute atomic E-state index is 13.3. The van der Waals surface area contributed by atoms with Crippen molar-refractivity contribution in [3.8, 4) is 0 Å². The van der Waals surface area contributed by atoms with Crippen molar-refractivity contribution in [1.29, 1.82) is 0 Å². The van der Waals surface area contributed by atoms with Gasteiger partial charge in [-0.15, -0.1) is 0 Å². The number of benzene rings is 1. The first kappa shape index (κ1) is 30.7. The van der Waals surface area contributed by atoms with E-state index < -0.39 is 28.5 Å². The molecule has 1 spiro atoms. The van der Waals surface area contributed by atoms with Gasteiger partial charge in [0, 0.05) is 27.4 Å². The monoisotopic (exact) mass is 603 g/mol. The first-order valence-electron chi connectivity index (χ1n) is 17.0. The highest BCUT2D eigenvalue weighted by molar-refractivity contribution is 5.88. The van der Waals surface area contributed by atoms with Gasteiger partial charge in [-0.2, -0.15) is 0 Å². The molecule has 2 saturated carbocycles. The fourth-order valence-electron chi connectivity index (χ4n) is 10.1. The topological polar surface area (TPSA) is 76.2 Å². The van der Waals surface area contributed by atoms with Crippen molar-refractivity contribution in [2.24, 2.45) is 5.41 Å². The van der Waals surface area contributed by atoms with Gasteiger partial charge in [0.15, 0.2) is 11.9 Å². The number of fused-ring (bicyclic) bond motifs is 4. The molecule has 3 aliphatic heterocycles. The van der Waals surface area contributed by atoms with Gasteiger partial charge in [-0.1, -0.05) is 50.1 Å². The summed E-state index contributed by atoms with van der Waals surface area (Å²) in [6.45, 7) is 19.7. The van der Waals surface area contributed by atoms with Crippen LogP contribution in [0.4, 0.5) is 0 Å². The first-order chi connectivity index (χ1) is 20.7. The molecule has 2 N–H and O–H groups in total. The van der Waals surface area contributed by atoms with Crippen LogP contribution >= 0.6 is 0 Å². The molecule has 2 aliphatic carbocycles. The van der Waals surface area contributed by atoms with Gasteiger partial charge >= 0.3 is 0 Å². The minimum absolute atomic E-state index is 0.190. The molecule has 1 aromatic carbocycles. The van der Waals surface area contributed by atoms with Crippen molar-refractivity contribution in [3.63, 3.8) is 0 Å². The molecular weight excluding hydrogens is 550 g/mol. The molecule has 9 atom stereocenters. The Morgan fingerprint density at radius 1 is 0.977 bits per heavy atom. The zero-order valence-electron chi connectivity index (χ0n) is 28.3. The highest BCUT2D eigenvalue weighted by Crippen LogP contribution is 2.73. The molecule has 1 aromatic heterocycles. The summed E-state index contributed by atoms with van der Waals surface area (Å²) in [5, 5.41) is 14.6. The fraction of sp³-hybridized carbons (Fsp3) is 0.684. The maximum Gasteiger partial charge on any atom is 0.178 e. The van der Waals surface area contributed by atoms with Crippen LogP contribution in [0.15, 0.2) is 41.5 Å². The third-order valence-electron chi connectivity index (χ3n) is 12.5. The lowest BCUT2D eigenvalue weighted by atomic mass is 9.42. The van der Waals surface area contributed by atoms with Crippen LogP contribution in [0.5, 0.6) is 0 Å². The molecular formula is C38H53NO5. The number of allylic oxidation sites excluding steroid dienone is 3. The van der Waals surface area contributed by atoms with E-state index in [1.807, 2.05) is 6.08 Å². The molecule has 5 fully saturated rings. The van der Waals surface area contributed by atoms with Crippen LogP contribution in [0.3, 0.4) is 0 Å². The molecule has 5 aliphatic rings. The standard InChI is InChI=1S/C38H53NO5/c1-10-25-29-24(16-15-22(2)3)13-11-14-26(29)39-31(25)35(8)18-12-19-37(40)36(35,9)20-17-27-38(37)33(44-38)30-32(41-27)34(6,7)43-28(42-30)21-23(4)5/h11,13-15,21,27-28,30,32-33,39-40H,10,12,16-20H2,1-9H3/t27-,28-,30+,32-,33+,35+,36+,37-,38-/m0/s1. The van der Waals surface area contributed by atoms with Gasteiger partial charge in [0.1, 0.15) is 23.9 Å². The third-order valence-corrected chi connectivity index (χ3v) is 12.5. The number of H-pyrrole nitrogens is 1. The average Bonchev–Trinajstić information content (AvgIpc) is 3.60. The van der Waals surface area contributed by atoms with E-state index in [-0.39, 0.29) is 29.8 Å². The average molecular weight is 604 g/mol. The molecule has 6 heteroatoms. The number of aromatic amines is 1. The molecule has 4 heterocycles. The van der Waals surface area contributed by atoms with Crippen molar-refractivity contribution < 1.29 is 24.1 Å². The normalized spacial score (nSPS) is 42.0. The van der Waals surface area contributed by atoms with Gasteiger partial charge in [-0.25, -0.2) is 0 Å².